The Labute approximate surface area is 158 Å². The van der Waals surface area contributed by atoms with Crippen molar-refractivity contribution < 1.29 is 29.3 Å². The third kappa shape index (κ3) is 2.33. The van der Waals surface area contributed by atoms with Gasteiger partial charge in [-0.1, -0.05) is 13.8 Å². The molecular formula is C21H29FO5. The van der Waals surface area contributed by atoms with Gasteiger partial charge in [-0.25, -0.2) is 4.39 Å². The fourth-order valence-electron chi connectivity index (χ4n) is 7.29. The van der Waals surface area contributed by atoms with E-state index in [1.54, 1.807) is 0 Å². The molecular weight excluding hydrogens is 351 g/mol. The van der Waals surface area contributed by atoms with Crippen molar-refractivity contribution in [2.75, 3.05) is 6.61 Å². The molecule has 3 N–H and O–H groups in total. The van der Waals surface area contributed by atoms with E-state index in [1.807, 2.05) is 13.8 Å². The van der Waals surface area contributed by atoms with E-state index in [2.05, 4.69) is 0 Å². The summed E-state index contributed by atoms with van der Waals surface area (Å²) >= 11 is 0. The van der Waals surface area contributed by atoms with E-state index in [9.17, 15) is 24.9 Å². The molecule has 6 heteroatoms. The quantitative estimate of drug-likeness (QED) is 0.678. The average molecular weight is 380 g/mol. The van der Waals surface area contributed by atoms with Gasteiger partial charge in [0.15, 0.2) is 11.6 Å². The van der Waals surface area contributed by atoms with E-state index in [4.69, 9.17) is 0 Å². The summed E-state index contributed by atoms with van der Waals surface area (Å²) in [4.78, 5) is 24.2. The number of ketones is 2. The maximum atomic E-state index is 15.2. The van der Waals surface area contributed by atoms with Gasteiger partial charge in [-0.15, -0.1) is 0 Å². The van der Waals surface area contributed by atoms with E-state index in [1.165, 1.54) is 6.08 Å². The van der Waals surface area contributed by atoms with Crippen molar-refractivity contribution >= 4 is 11.6 Å². The fraction of sp³-hybridized carbons (Fsp3) is 0.810. The lowest BCUT2D eigenvalue weighted by Crippen LogP contribution is -2.63. The molecule has 4 aliphatic carbocycles. The van der Waals surface area contributed by atoms with E-state index in [0.717, 1.165) is 0 Å². The van der Waals surface area contributed by atoms with Crippen LogP contribution in [0.5, 0.6) is 0 Å². The SMILES string of the molecule is C[C@@]12CCC(=O)C=C1[C@@H](F)C[C@H]1[C@@H]2[C@H](O)C[C@]2(C)[C@@H]1CC[C@]2(O)C(=O)CO. The van der Waals surface area contributed by atoms with Crippen molar-refractivity contribution in [2.24, 2.45) is 28.6 Å². The number of carbonyl (C=O) groups is 2. The molecule has 27 heavy (non-hydrogen) atoms. The minimum Gasteiger partial charge on any atom is -0.393 e. The summed E-state index contributed by atoms with van der Waals surface area (Å²) in [6, 6.07) is 0. The van der Waals surface area contributed by atoms with Crippen LogP contribution in [0.3, 0.4) is 0 Å². The zero-order valence-corrected chi connectivity index (χ0v) is 15.9. The van der Waals surface area contributed by atoms with Gasteiger partial charge in [-0.3, -0.25) is 9.59 Å². The van der Waals surface area contributed by atoms with Crippen molar-refractivity contribution in [3.8, 4) is 0 Å². The fourth-order valence-corrected chi connectivity index (χ4v) is 7.29. The standard InChI is InChI=1S/C21H29FO5/c1-19-5-3-11(24)7-14(19)15(22)8-12-13-4-6-21(27,17(26)10-23)20(13,2)9-16(25)18(12)19/h7,12-13,15-16,18,23,25,27H,3-6,8-10H2,1-2H3/t12-,13-,15+,16-,18-,19-,20-,21+/m1/s1. The van der Waals surface area contributed by atoms with Crippen LogP contribution in [0.4, 0.5) is 4.39 Å². The second-order valence-electron chi connectivity index (χ2n) is 9.65. The molecule has 0 aromatic heterocycles. The molecule has 0 bridgehead atoms. The molecule has 0 aromatic carbocycles. The largest absolute Gasteiger partial charge is 0.393 e. The predicted molar refractivity (Wildman–Crippen MR) is 95.4 cm³/mol. The summed E-state index contributed by atoms with van der Waals surface area (Å²) in [6.45, 7) is 3.03. The second kappa shape index (κ2) is 5.94. The summed E-state index contributed by atoms with van der Waals surface area (Å²) in [5.74, 6) is -1.11. The Morgan fingerprint density at radius 3 is 2.70 bits per heavy atom. The maximum Gasteiger partial charge on any atom is 0.190 e. The molecule has 0 aromatic rings. The van der Waals surface area contributed by atoms with Crippen LogP contribution in [0.25, 0.3) is 0 Å². The molecule has 0 saturated heterocycles. The van der Waals surface area contributed by atoms with Gasteiger partial charge in [0.25, 0.3) is 0 Å². The highest BCUT2D eigenvalue weighted by atomic mass is 19.1. The van der Waals surface area contributed by atoms with Gasteiger partial charge in [0.05, 0.1) is 6.10 Å². The number of alkyl halides is 1. The van der Waals surface area contributed by atoms with Crippen LogP contribution < -0.4 is 0 Å². The number of fused-ring (bicyclic) bond motifs is 5. The minimum atomic E-state index is -1.68. The lowest BCUT2D eigenvalue weighted by atomic mass is 9.45. The molecule has 0 amide bonds. The number of rotatable bonds is 2. The normalized spacial score (nSPS) is 51.9. The molecule has 8 atom stereocenters. The van der Waals surface area contributed by atoms with Crippen LogP contribution in [-0.2, 0) is 9.59 Å². The molecule has 4 aliphatic rings. The monoisotopic (exact) mass is 380 g/mol. The number of allylic oxidation sites excluding steroid dienone is 1. The van der Waals surface area contributed by atoms with E-state index in [0.29, 0.717) is 24.8 Å². The first kappa shape index (κ1) is 19.2. The number of Topliss-reactive ketones (excluding diaryl/α,β-unsaturated/α-hetero) is 1. The van der Waals surface area contributed by atoms with Gasteiger partial charge < -0.3 is 15.3 Å². The second-order valence-corrected chi connectivity index (χ2v) is 9.65. The minimum absolute atomic E-state index is 0.0532. The number of aliphatic hydroxyl groups excluding tert-OH is 2. The number of carbonyl (C=O) groups excluding carboxylic acids is 2. The molecule has 4 rings (SSSR count). The third-order valence-electron chi connectivity index (χ3n) is 8.63. The number of hydrogen-bond donors (Lipinski definition) is 3. The van der Waals surface area contributed by atoms with Gasteiger partial charge in [0.1, 0.15) is 18.4 Å². The van der Waals surface area contributed by atoms with Crippen molar-refractivity contribution in [1.29, 1.82) is 0 Å². The van der Waals surface area contributed by atoms with Gasteiger partial charge in [0, 0.05) is 11.8 Å². The Balaban J connectivity index is 1.77. The van der Waals surface area contributed by atoms with Gasteiger partial charge in [-0.05, 0) is 66.9 Å². The van der Waals surface area contributed by atoms with E-state index in [-0.39, 0.29) is 42.8 Å². The predicted octanol–water partition coefficient (Wildman–Crippen LogP) is 1.73. The number of halogens is 1. The van der Waals surface area contributed by atoms with Crippen LogP contribution in [0, 0.1) is 28.6 Å². The summed E-state index contributed by atoms with van der Waals surface area (Å²) in [7, 11) is 0. The van der Waals surface area contributed by atoms with Crippen LogP contribution in [0.2, 0.25) is 0 Å². The highest BCUT2D eigenvalue weighted by molar-refractivity contribution is 5.92. The molecule has 150 valence electrons. The van der Waals surface area contributed by atoms with Gasteiger partial charge in [0.2, 0.25) is 0 Å². The molecule has 5 nitrogen and oxygen atoms in total. The molecule has 0 heterocycles. The van der Waals surface area contributed by atoms with Crippen molar-refractivity contribution in [2.45, 2.75) is 70.2 Å². The van der Waals surface area contributed by atoms with Crippen LogP contribution >= 0.6 is 0 Å². The summed E-state index contributed by atoms with van der Waals surface area (Å²) in [5, 5.41) is 31.6. The summed E-state index contributed by atoms with van der Waals surface area (Å²) < 4.78 is 15.2. The van der Waals surface area contributed by atoms with Crippen molar-refractivity contribution in [3.05, 3.63) is 11.6 Å². The Bertz CT molecular complexity index is 719. The smallest absolute Gasteiger partial charge is 0.190 e. The Kier molecular flexibility index (Phi) is 4.23. The van der Waals surface area contributed by atoms with E-state index >= 15 is 4.39 Å². The first-order valence-electron chi connectivity index (χ1n) is 10.0. The maximum absolute atomic E-state index is 15.2. The molecule has 0 radical (unpaired) electrons. The lowest BCUT2D eigenvalue weighted by molar-refractivity contribution is -0.185. The highest BCUT2D eigenvalue weighted by Gasteiger charge is 2.69. The first-order chi connectivity index (χ1) is 12.6. The van der Waals surface area contributed by atoms with E-state index < -0.39 is 41.1 Å². The lowest BCUT2D eigenvalue weighted by Gasteiger charge is -2.61. The highest BCUT2D eigenvalue weighted by Crippen LogP contribution is 2.67. The molecule has 0 unspecified atom stereocenters. The molecule has 3 saturated carbocycles. The zero-order valence-electron chi connectivity index (χ0n) is 15.9. The molecule has 3 fully saturated rings. The Morgan fingerprint density at radius 1 is 1.33 bits per heavy atom. The van der Waals surface area contributed by atoms with Crippen LogP contribution in [-0.4, -0.2) is 51.4 Å². The zero-order chi connectivity index (χ0) is 19.8. The van der Waals surface area contributed by atoms with Gasteiger partial charge >= 0.3 is 0 Å². The number of hydrogen-bond acceptors (Lipinski definition) is 5. The van der Waals surface area contributed by atoms with Crippen molar-refractivity contribution in [1.82, 2.24) is 0 Å². The van der Waals surface area contributed by atoms with Crippen LogP contribution in [0.1, 0.15) is 52.4 Å². The first-order valence-corrected chi connectivity index (χ1v) is 10.0. The summed E-state index contributed by atoms with van der Waals surface area (Å²) in [5.41, 5.74) is -2.61. The Hall–Kier alpha value is -1.11. The van der Waals surface area contributed by atoms with Crippen molar-refractivity contribution in [3.63, 3.8) is 0 Å². The Morgan fingerprint density at radius 2 is 2.04 bits per heavy atom. The average Bonchev–Trinajstić information content (AvgIpc) is 2.87. The van der Waals surface area contributed by atoms with Gasteiger partial charge in [-0.2, -0.15) is 0 Å². The third-order valence-corrected chi connectivity index (χ3v) is 8.63. The summed E-state index contributed by atoms with van der Waals surface area (Å²) in [6.07, 6.45) is 1.57. The molecule has 0 aliphatic heterocycles. The van der Waals surface area contributed by atoms with Crippen LogP contribution in [0.15, 0.2) is 11.6 Å². The number of aliphatic hydroxyl groups is 3. The topological polar surface area (TPSA) is 94.8 Å². The molecule has 0 spiro atoms.